The Labute approximate surface area is 200 Å². The van der Waals surface area contributed by atoms with E-state index in [1.807, 2.05) is 0 Å². The number of hydrogen-bond donors (Lipinski definition) is 2. The zero-order chi connectivity index (χ0) is 24.5. The van der Waals surface area contributed by atoms with Crippen LogP contribution in [0.15, 0.2) is 71.8 Å². The summed E-state index contributed by atoms with van der Waals surface area (Å²) in [7, 11) is 2.93. The van der Waals surface area contributed by atoms with Gasteiger partial charge in [-0.15, -0.1) is 0 Å². The average Bonchev–Trinajstić information content (AvgIpc) is 2.85. The van der Waals surface area contributed by atoms with Crippen LogP contribution in [-0.4, -0.2) is 38.2 Å². The molecule has 0 aliphatic carbocycles. The van der Waals surface area contributed by atoms with E-state index in [-0.39, 0.29) is 22.1 Å². The highest BCUT2D eigenvalue weighted by Gasteiger charge is 2.16. The molecule has 0 fully saturated rings. The molecule has 3 aromatic rings. The minimum absolute atomic E-state index is 0.174. The van der Waals surface area contributed by atoms with Gasteiger partial charge in [-0.05, 0) is 60.2 Å². The number of nitrogens with zero attached hydrogens (tertiary/aromatic N) is 1. The first-order valence-electron chi connectivity index (χ1n) is 9.84. The number of nitrogens with one attached hydrogen (secondary N) is 2. The van der Waals surface area contributed by atoms with Crippen molar-refractivity contribution < 1.29 is 28.6 Å². The number of anilines is 1. The number of carbonyl (C=O) groups is 3. The van der Waals surface area contributed by atoms with Crippen LogP contribution in [0.2, 0.25) is 5.02 Å². The SMILES string of the molecule is COc1ccc(NC(=O)C(=O)NN=Cc2ccc(OC(=O)c3ccccc3Cl)c(OC)c2)cc1. The number of halogens is 1. The Morgan fingerprint density at radius 2 is 1.62 bits per heavy atom. The molecule has 0 heterocycles. The Bertz CT molecular complexity index is 1230. The number of methoxy groups -OCH3 is 2. The van der Waals surface area contributed by atoms with Gasteiger partial charge in [0.25, 0.3) is 0 Å². The van der Waals surface area contributed by atoms with Crippen LogP contribution in [0.1, 0.15) is 15.9 Å². The Morgan fingerprint density at radius 1 is 0.882 bits per heavy atom. The molecule has 174 valence electrons. The summed E-state index contributed by atoms with van der Waals surface area (Å²) in [4.78, 5) is 36.3. The van der Waals surface area contributed by atoms with Gasteiger partial charge in [0.1, 0.15) is 5.75 Å². The summed E-state index contributed by atoms with van der Waals surface area (Å²) >= 11 is 6.03. The maximum Gasteiger partial charge on any atom is 0.345 e. The number of rotatable bonds is 7. The molecule has 0 bridgehead atoms. The van der Waals surface area contributed by atoms with Crippen molar-refractivity contribution in [3.63, 3.8) is 0 Å². The molecule has 10 heteroatoms. The van der Waals surface area contributed by atoms with E-state index in [4.69, 9.17) is 25.8 Å². The van der Waals surface area contributed by atoms with E-state index in [0.717, 1.165) is 0 Å². The largest absolute Gasteiger partial charge is 0.497 e. The fourth-order valence-electron chi connectivity index (χ4n) is 2.71. The van der Waals surface area contributed by atoms with Crippen molar-refractivity contribution in [2.24, 2.45) is 5.10 Å². The number of hydrogen-bond acceptors (Lipinski definition) is 7. The van der Waals surface area contributed by atoms with Crippen LogP contribution in [0.5, 0.6) is 17.2 Å². The molecule has 34 heavy (non-hydrogen) atoms. The molecule has 0 saturated heterocycles. The minimum Gasteiger partial charge on any atom is -0.497 e. The highest BCUT2D eigenvalue weighted by atomic mass is 35.5. The van der Waals surface area contributed by atoms with E-state index in [1.165, 1.54) is 26.5 Å². The number of esters is 1. The van der Waals surface area contributed by atoms with Gasteiger partial charge in [0.15, 0.2) is 11.5 Å². The Morgan fingerprint density at radius 3 is 2.29 bits per heavy atom. The molecule has 0 atom stereocenters. The fraction of sp³-hybridized carbons (Fsp3) is 0.0833. The summed E-state index contributed by atoms with van der Waals surface area (Å²) in [5.74, 6) is -1.43. The molecule has 2 N–H and O–H groups in total. The first kappa shape index (κ1) is 24.3. The summed E-state index contributed by atoms with van der Waals surface area (Å²) in [5.41, 5.74) is 3.30. The van der Waals surface area contributed by atoms with Crippen molar-refractivity contribution in [3.8, 4) is 17.2 Å². The topological polar surface area (TPSA) is 115 Å². The summed E-state index contributed by atoms with van der Waals surface area (Å²) in [6.45, 7) is 0. The number of hydrazone groups is 1. The monoisotopic (exact) mass is 481 g/mol. The zero-order valence-corrected chi connectivity index (χ0v) is 19.0. The molecule has 0 aromatic heterocycles. The third kappa shape index (κ3) is 6.33. The van der Waals surface area contributed by atoms with Crippen molar-refractivity contribution in [2.45, 2.75) is 0 Å². The molecular formula is C24H20ClN3O6. The third-order valence-corrected chi connectivity index (χ3v) is 4.75. The molecule has 3 rings (SSSR count). The van der Waals surface area contributed by atoms with Gasteiger partial charge in [-0.2, -0.15) is 5.10 Å². The van der Waals surface area contributed by atoms with Crippen LogP contribution in [0.25, 0.3) is 0 Å². The lowest BCUT2D eigenvalue weighted by Crippen LogP contribution is -2.32. The number of benzene rings is 3. The maximum atomic E-state index is 12.4. The molecule has 0 spiro atoms. The van der Waals surface area contributed by atoms with Gasteiger partial charge in [0.2, 0.25) is 0 Å². The molecular weight excluding hydrogens is 462 g/mol. The number of amides is 2. The van der Waals surface area contributed by atoms with Crippen LogP contribution < -0.4 is 25.0 Å². The van der Waals surface area contributed by atoms with E-state index >= 15 is 0 Å². The summed E-state index contributed by atoms with van der Waals surface area (Å²) < 4.78 is 15.7. The van der Waals surface area contributed by atoms with Crippen molar-refractivity contribution in [1.29, 1.82) is 0 Å². The van der Waals surface area contributed by atoms with E-state index in [1.54, 1.807) is 60.7 Å². The predicted molar refractivity (Wildman–Crippen MR) is 127 cm³/mol. The van der Waals surface area contributed by atoms with Gasteiger partial charge in [-0.25, -0.2) is 10.2 Å². The van der Waals surface area contributed by atoms with E-state index in [2.05, 4.69) is 15.8 Å². The van der Waals surface area contributed by atoms with Crippen LogP contribution in [0.4, 0.5) is 5.69 Å². The predicted octanol–water partition coefficient (Wildman–Crippen LogP) is 3.67. The molecule has 9 nitrogen and oxygen atoms in total. The molecule has 0 aliphatic heterocycles. The normalized spacial score (nSPS) is 10.4. The van der Waals surface area contributed by atoms with Gasteiger partial charge in [0, 0.05) is 5.69 Å². The average molecular weight is 482 g/mol. The highest BCUT2D eigenvalue weighted by Crippen LogP contribution is 2.29. The molecule has 0 aliphatic rings. The van der Waals surface area contributed by atoms with Crippen LogP contribution in [-0.2, 0) is 9.59 Å². The van der Waals surface area contributed by atoms with Crippen molar-refractivity contribution in [2.75, 3.05) is 19.5 Å². The second-order valence-corrected chi connectivity index (χ2v) is 7.07. The zero-order valence-electron chi connectivity index (χ0n) is 18.2. The van der Waals surface area contributed by atoms with Gasteiger partial charge in [0.05, 0.1) is 31.0 Å². The first-order chi connectivity index (χ1) is 16.4. The van der Waals surface area contributed by atoms with Crippen molar-refractivity contribution in [3.05, 3.63) is 82.9 Å². The Kier molecular flexibility index (Phi) is 8.20. The minimum atomic E-state index is -0.954. The van der Waals surface area contributed by atoms with Crippen molar-refractivity contribution in [1.82, 2.24) is 5.43 Å². The fourth-order valence-corrected chi connectivity index (χ4v) is 2.92. The second-order valence-electron chi connectivity index (χ2n) is 6.66. The third-order valence-electron chi connectivity index (χ3n) is 4.42. The second kappa shape index (κ2) is 11.5. The molecule has 2 amide bonds. The first-order valence-corrected chi connectivity index (χ1v) is 10.2. The highest BCUT2D eigenvalue weighted by molar-refractivity contribution is 6.39. The summed E-state index contributed by atoms with van der Waals surface area (Å²) in [6, 6.07) is 17.6. The van der Waals surface area contributed by atoms with Gasteiger partial charge < -0.3 is 19.5 Å². The molecule has 3 aromatic carbocycles. The summed E-state index contributed by atoms with van der Waals surface area (Å²) in [6.07, 6.45) is 1.31. The summed E-state index contributed by atoms with van der Waals surface area (Å²) in [5, 5.41) is 6.48. The number of ether oxygens (including phenoxy) is 3. The molecule has 0 radical (unpaired) electrons. The lowest BCUT2D eigenvalue weighted by atomic mass is 10.2. The van der Waals surface area contributed by atoms with Gasteiger partial charge >= 0.3 is 17.8 Å². The van der Waals surface area contributed by atoms with Crippen molar-refractivity contribution >= 4 is 41.3 Å². The molecule has 0 saturated carbocycles. The van der Waals surface area contributed by atoms with Crippen LogP contribution in [0, 0.1) is 0 Å². The van der Waals surface area contributed by atoms with E-state index < -0.39 is 17.8 Å². The van der Waals surface area contributed by atoms with Crippen LogP contribution >= 0.6 is 11.6 Å². The Hall–Kier alpha value is -4.37. The van der Waals surface area contributed by atoms with Crippen LogP contribution in [0.3, 0.4) is 0 Å². The lowest BCUT2D eigenvalue weighted by molar-refractivity contribution is -0.136. The van der Waals surface area contributed by atoms with Gasteiger partial charge in [-0.3, -0.25) is 9.59 Å². The van der Waals surface area contributed by atoms with Gasteiger partial charge in [-0.1, -0.05) is 23.7 Å². The van der Waals surface area contributed by atoms with E-state index in [9.17, 15) is 14.4 Å². The standard InChI is InChI=1S/C24H20ClN3O6/c1-32-17-10-8-16(9-11-17)27-22(29)23(30)28-26-14-15-7-12-20(21(13-15)33-2)34-24(31)18-5-3-4-6-19(18)25/h3-14H,1-2H3,(H,27,29)(H,28,30). The quantitative estimate of drug-likeness (QED) is 0.175. The molecule has 0 unspecified atom stereocenters. The lowest BCUT2D eigenvalue weighted by Gasteiger charge is -2.10. The smallest absolute Gasteiger partial charge is 0.345 e. The maximum absolute atomic E-state index is 12.4. The Balaban J connectivity index is 1.60. The number of carbonyl (C=O) groups excluding carboxylic acids is 3. The van der Waals surface area contributed by atoms with E-state index in [0.29, 0.717) is 17.0 Å².